The van der Waals surface area contributed by atoms with Gasteiger partial charge >= 0.3 is 5.97 Å². The van der Waals surface area contributed by atoms with E-state index >= 15 is 0 Å². The quantitative estimate of drug-likeness (QED) is 0.702. The van der Waals surface area contributed by atoms with Crippen molar-refractivity contribution in [1.29, 1.82) is 5.26 Å². The van der Waals surface area contributed by atoms with Gasteiger partial charge in [-0.2, -0.15) is 5.26 Å². The number of unbranched alkanes of at least 4 members (excludes halogenated alkanes) is 1. The molecule has 0 bridgehead atoms. The Hall–Kier alpha value is -1.57. The summed E-state index contributed by atoms with van der Waals surface area (Å²) in [6.07, 6.45) is 2.54. The van der Waals surface area contributed by atoms with Gasteiger partial charge in [-0.1, -0.05) is 26.7 Å². The molecule has 0 saturated heterocycles. The first-order valence-corrected chi connectivity index (χ1v) is 6.31. The molecule has 0 spiro atoms. The van der Waals surface area contributed by atoms with Crippen molar-refractivity contribution in [2.24, 2.45) is 5.92 Å². The van der Waals surface area contributed by atoms with E-state index < -0.39 is 17.4 Å². The zero-order valence-corrected chi connectivity index (χ0v) is 11.6. The number of nitrogens with one attached hydrogen (secondary N) is 1. The molecule has 0 aromatic heterocycles. The van der Waals surface area contributed by atoms with E-state index in [1.807, 2.05) is 13.0 Å². The van der Waals surface area contributed by atoms with Crippen molar-refractivity contribution in [2.45, 2.75) is 52.5 Å². The zero-order chi connectivity index (χ0) is 14.2. The number of rotatable bonds is 7. The van der Waals surface area contributed by atoms with Crippen molar-refractivity contribution >= 4 is 11.9 Å². The molecule has 0 aromatic rings. The summed E-state index contributed by atoms with van der Waals surface area (Å²) in [6, 6.07) is 1.93. The molecule has 0 radical (unpaired) electrons. The smallest absolute Gasteiger partial charge is 0.347 e. The van der Waals surface area contributed by atoms with E-state index in [0.717, 1.165) is 12.8 Å². The van der Waals surface area contributed by atoms with Crippen molar-refractivity contribution in [3.63, 3.8) is 0 Å². The average molecular weight is 254 g/mol. The van der Waals surface area contributed by atoms with Crippen molar-refractivity contribution in [3.8, 4) is 6.07 Å². The number of carbonyl (C=O) groups is 2. The van der Waals surface area contributed by atoms with E-state index in [1.54, 1.807) is 13.8 Å². The second-order valence-corrected chi connectivity index (χ2v) is 4.36. The minimum atomic E-state index is -1.57. The van der Waals surface area contributed by atoms with Crippen LogP contribution >= 0.6 is 0 Å². The van der Waals surface area contributed by atoms with Gasteiger partial charge in [-0.05, 0) is 13.3 Å². The number of nitrogens with zero attached hydrogens (tertiary/aromatic N) is 1. The first-order chi connectivity index (χ1) is 8.44. The third kappa shape index (κ3) is 4.02. The van der Waals surface area contributed by atoms with E-state index in [0.29, 0.717) is 6.42 Å². The summed E-state index contributed by atoms with van der Waals surface area (Å²) in [6.45, 7) is 6.96. The van der Waals surface area contributed by atoms with Crippen molar-refractivity contribution < 1.29 is 14.3 Å². The second-order valence-electron chi connectivity index (χ2n) is 4.36. The van der Waals surface area contributed by atoms with Crippen LogP contribution in [0.4, 0.5) is 0 Å². The topological polar surface area (TPSA) is 79.2 Å². The Kier molecular flexibility index (Phi) is 7.03. The van der Waals surface area contributed by atoms with Gasteiger partial charge in [0.15, 0.2) is 0 Å². The van der Waals surface area contributed by atoms with Gasteiger partial charge in [0.05, 0.1) is 6.61 Å². The lowest BCUT2D eigenvalue weighted by atomic mass is 9.82. The van der Waals surface area contributed by atoms with Gasteiger partial charge in [0, 0.05) is 12.8 Å². The predicted molar refractivity (Wildman–Crippen MR) is 67.5 cm³/mol. The highest BCUT2D eigenvalue weighted by molar-refractivity contribution is 5.90. The molecule has 0 aliphatic rings. The molecule has 0 rings (SSSR count). The Morgan fingerprint density at radius 1 is 1.44 bits per heavy atom. The van der Waals surface area contributed by atoms with Crippen LogP contribution in [0, 0.1) is 17.2 Å². The molecule has 2 atom stereocenters. The Labute approximate surface area is 108 Å². The number of ether oxygens (including phenoxy) is 1. The summed E-state index contributed by atoms with van der Waals surface area (Å²) >= 11 is 0. The molecular formula is C13H22N2O3. The fourth-order valence-corrected chi connectivity index (χ4v) is 1.81. The summed E-state index contributed by atoms with van der Waals surface area (Å²) in [5.41, 5.74) is -1.57. The highest BCUT2D eigenvalue weighted by Gasteiger charge is 2.46. The monoisotopic (exact) mass is 254 g/mol. The van der Waals surface area contributed by atoms with Crippen LogP contribution in [0.3, 0.4) is 0 Å². The highest BCUT2D eigenvalue weighted by Crippen LogP contribution is 2.24. The van der Waals surface area contributed by atoms with Crippen LogP contribution in [0.25, 0.3) is 0 Å². The highest BCUT2D eigenvalue weighted by atomic mass is 16.5. The van der Waals surface area contributed by atoms with Crippen molar-refractivity contribution in [2.75, 3.05) is 6.61 Å². The summed E-state index contributed by atoms with van der Waals surface area (Å²) in [4.78, 5) is 23.2. The lowest BCUT2D eigenvalue weighted by molar-refractivity contribution is -0.152. The maximum atomic E-state index is 12.0. The molecule has 18 heavy (non-hydrogen) atoms. The maximum Gasteiger partial charge on any atom is 0.347 e. The zero-order valence-electron chi connectivity index (χ0n) is 11.6. The number of nitriles is 1. The SMILES string of the molecule is CCCCC(C)C(C#N)(NC(C)=O)C(=O)OCC. The van der Waals surface area contributed by atoms with Gasteiger partial charge in [-0.3, -0.25) is 4.79 Å². The number of hydrogen-bond acceptors (Lipinski definition) is 4. The van der Waals surface area contributed by atoms with Gasteiger partial charge in [0.2, 0.25) is 11.4 Å². The Bertz CT molecular complexity index is 336. The van der Waals surface area contributed by atoms with Crippen LogP contribution in [-0.2, 0) is 14.3 Å². The summed E-state index contributed by atoms with van der Waals surface area (Å²) in [5.74, 6) is -1.37. The van der Waals surface area contributed by atoms with E-state index in [1.165, 1.54) is 6.92 Å². The van der Waals surface area contributed by atoms with Crippen LogP contribution in [0.5, 0.6) is 0 Å². The summed E-state index contributed by atoms with van der Waals surface area (Å²) in [7, 11) is 0. The third-order valence-electron chi connectivity index (χ3n) is 2.88. The second kappa shape index (κ2) is 7.70. The van der Waals surface area contributed by atoms with Gasteiger partial charge in [0.1, 0.15) is 6.07 Å². The first-order valence-electron chi connectivity index (χ1n) is 6.31. The molecule has 0 fully saturated rings. The third-order valence-corrected chi connectivity index (χ3v) is 2.88. The van der Waals surface area contributed by atoms with Crippen LogP contribution in [-0.4, -0.2) is 24.0 Å². The Morgan fingerprint density at radius 2 is 2.06 bits per heavy atom. The normalized spacial score (nSPS) is 15.1. The van der Waals surface area contributed by atoms with Crippen LogP contribution in [0.15, 0.2) is 0 Å². The van der Waals surface area contributed by atoms with E-state index in [-0.39, 0.29) is 12.5 Å². The molecule has 0 saturated carbocycles. The average Bonchev–Trinajstić information content (AvgIpc) is 2.32. The molecule has 0 aromatic carbocycles. The lowest BCUT2D eigenvalue weighted by Crippen LogP contribution is -2.58. The van der Waals surface area contributed by atoms with Gasteiger partial charge < -0.3 is 10.1 Å². The number of carbonyl (C=O) groups excluding carboxylic acids is 2. The molecule has 0 aliphatic heterocycles. The minimum Gasteiger partial charge on any atom is -0.463 e. The largest absolute Gasteiger partial charge is 0.463 e. The lowest BCUT2D eigenvalue weighted by Gasteiger charge is -2.30. The molecule has 1 amide bonds. The minimum absolute atomic E-state index is 0.183. The van der Waals surface area contributed by atoms with Gasteiger partial charge in [-0.15, -0.1) is 0 Å². The molecule has 0 heterocycles. The number of hydrogen-bond donors (Lipinski definition) is 1. The summed E-state index contributed by atoms with van der Waals surface area (Å²) in [5, 5.41) is 11.8. The Balaban J connectivity index is 5.16. The number of esters is 1. The van der Waals surface area contributed by atoms with Gasteiger partial charge in [0.25, 0.3) is 0 Å². The van der Waals surface area contributed by atoms with E-state index in [2.05, 4.69) is 5.32 Å². The van der Waals surface area contributed by atoms with Gasteiger partial charge in [-0.25, -0.2) is 4.79 Å². The Morgan fingerprint density at radius 3 is 2.44 bits per heavy atom. The molecule has 0 aliphatic carbocycles. The molecule has 1 N–H and O–H groups in total. The van der Waals surface area contributed by atoms with E-state index in [9.17, 15) is 14.9 Å². The van der Waals surface area contributed by atoms with Crippen molar-refractivity contribution in [3.05, 3.63) is 0 Å². The number of amides is 1. The fraction of sp³-hybridized carbons (Fsp3) is 0.769. The van der Waals surface area contributed by atoms with Crippen LogP contribution in [0.2, 0.25) is 0 Å². The van der Waals surface area contributed by atoms with Crippen LogP contribution in [0.1, 0.15) is 47.0 Å². The molecule has 102 valence electrons. The molecule has 5 heteroatoms. The standard InChI is InChI=1S/C13H22N2O3/c1-5-7-8-10(3)13(9-14,15-11(4)16)12(17)18-6-2/h10H,5-8H2,1-4H3,(H,15,16). The molecular weight excluding hydrogens is 232 g/mol. The van der Waals surface area contributed by atoms with E-state index in [4.69, 9.17) is 4.74 Å². The fourth-order valence-electron chi connectivity index (χ4n) is 1.81. The molecule has 2 unspecified atom stereocenters. The summed E-state index contributed by atoms with van der Waals surface area (Å²) < 4.78 is 4.92. The van der Waals surface area contributed by atoms with Crippen molar-refractivity contribution in [1.82, 2.24) is 5.32 Å². The first kappa shape index (κ1) is 16.4. The maximum absolute atomic E-state index is 12.0. The molecule has 5 nitrogen and oxygen atoms in total. The predicted octanol–water partition coefficient (Wildman–Crippen LogP) is 1.77. The van der Waals surface area contributed by atoms with Crippen LogP contribution < -0.4 is 5.32 Å².